The van der Waals surface area contributed by atoms with Crippen molar-refractivity contribution in [2.75, 3.05) is 0 Å². The van der Waals surface area contributed by atoms with E-state index < -0.39 is 5.91 Å². The summed E-state index contributed by atoms with van der Waals surface area (Å²) in [5.41, 5.74) is 7.31. The van der Waals surface area contributed by atoms with Gasteiger partial charge in [0.05, 0.1) is 0 Å². The lowest BCUT2D eigenvalue weighted by Crippen LogP contribution is -2.48. The van der Waals surface area contributed by atoms with E-state index in [2.05, 4.69) is 32.1 Å². The van der Waals surface area contributed by atoms with E-state index in [9.17, 15) is 9.59 Å². The fourth-order valence-electron chi connectivity index (χ4n) is 1.84. The molecule has 0 saturated heterocycles. The molecule has 0 aliphatic carbocycles. The molecule has 0 aromatic heterocycles. The van der Waals surface area contributed by atoms with Crippen molar-refractivity contribution in [3.8, 4) is 0 Å². The van der Waals surface area contributed by atoms with Crippen LogP contribution in [0.25, 0.3) is 6.08 Å². The van der Waals surface area contributed by atoms with E-state index in [1.54, 1.807) is 18.2 Å². The summed E-state index contributed by atoms with van der Waals surface area (Å²) < 4.78 is 0.835. The van der Waals surface area contributed by atoms with Crippen LogP contribution in [-0.4, -0.2) is 16.9 Å². The molecule has 0 aliphatic rings. The maximum absolute atomic E-state index is 12.0. The van der Waals surface area contributed by atoms with E-state index >= 15 is 0 Å². The third kappa shape index (κ3) is 6.13. The number of carbonyl (C=O) groups is 2. The van der Waals surface area contributed by atoms with Gasteiger partial charge >= 0.3 is 0 Å². The molecule has 0 fully saturated rings. The summed E-state index contributed by atoms with van der Waals surface area (Å²) in [6.45, 7) is 1.93. The SMILES string of the molecule is Cc1ccc(C(=O)NNC(=S)NC(=O)/C=C/c2ccccc2)cc1Br. The van der Waals surface area contributed by atoms with E-state index in [1.807, 2.05) is 43.3 Å². The molecule has 128 valence electrons. The quantitative estimate of drug-likeness (QED) is 0.407. The van der Waals surface area contributed by atoms with Gasteiger partial charge in [-0.2, -0.15) is 0 Å². The Labute approximate surface area is 159 Å². The van der Waals surface area contributed by atoms with Crippen molar-refractivity contribution >= 4 is 51.2 Å². The Balaban J connectivity index is 1.81. The van der Waals surface area contributed by atoms with Crippen molar-refractivity contribution in [3.63, 3.8) is 0 Å². The number of amides is 2. The lowest BCUT2D eigenvalue weighted by molar-refractivity contribution is -0.115. The summed E-state index contributed by atoms with van der Waals surface area (Å²) in [7, 11) is 0. The lowest BCUT2D eigenvalue weighted by atomic mass is 10.1. The van der Waals surface area contributed by atoms with Crippen LogP contribution >= 0.6 is 28.1 Å². The number of hydrogen-bond acceptors (Lipinski definition) is 3. The van der Waals surface area contributed by atoms with Gasteiger partial charge in [-0.05, 0) is 48.5 Å². The normalized spacial score (nSPS) is 10.3. The monoisotopic (exact) mass is 417 g/mol. The molecule has 5 nitrogen and oxygen atoms in total. The van der Waals surface area contributed by atoms with Gasteiger partial charge in [0, 0.05) is 16.1 Å². The van der Waals surface area contributed by atoms with Crippen LogP contribution in [0.4, 0.5) is 0 Å². The average molecular weight is 418 g/mol. The fourth-order valence-corrected chi connectivity index (χ4v) is 2.37. The summed E-state index contributed by atoms with van der Waals surface area (Å²) in [6.07, 6.45) is 3.03. The van der Waals surface area contributed by atoms with Crippen LogP contribution < -0.4 is 16.2 Å². The molecule has 0 radical (unpaired) electrons. The van der Waals surface area contributed by atoms with Gasteiger partial charge in [-0.15, -0.1) is 0 Å². The molecule has 0 atom stereocenters. The van der Waals surface area contributed by atoms with Crippen molar-refractivity contribution in [3.05, 3.63) is 75.8 Å². The van der Waals surface area contributed by atoms with Crippen LogP contribution in [0.5, 0.6) is 0 Å². The highest BCUT2D eigenvalue weighted by atomic mass is 79.9. The minimum atomic E-state index is -0.395. The highest BCUT2D eigenvalue weighted by Gasteiger charge is 2.08. The van der Waals surface area contributed by atoms with Gasteiger partial charge in [-0.25, -0.2) is 0 Å². The van der Waals surface area contributed by atoms with Crippen molar-refractivity contribution in [2.24, 2.45) is 0 Å². The second-order valence-electron chi connectivity index (χ2n) is 5.11. The topological polar surface area (TPSA) is 70.2 Å². The molecule has 2 rings (SSSR count). The number of thiocarbonyl (C=S) groups is 1. The first-order valence-electron chi connectivity index (χ1n) is 7.36. The van der Waals surface area contributed by atoms with Gasteiger partial charge in [-0.3, -0.25) is 25.8 Å². The summed E-state index contributed by atoms with van der Waals surface area (Å²) >= 11 is 8.35. The summed E-state index contributed by atoms with van der Waals surface area (Å²) in [5, 5.41) is 2.45. The van der Waals surface area contributed by atoms with E-state index in [1.165, 1.54) is 6.08 Å². The van der Waals surface area contributed by atoms with E-state index in [0.29, 0.717) is 5.56 Å². The fraction of sp³-hybridized carbons (Fsp3) is 0.0556. The lowest BCUT2D eigenvalue weighted by Gasteiger charge is -2.10. The molecule has 2 aromatic carbocycles. The molecular weight excluding hydrogens is 402 g/mol. The van der Waals surface area contributed by atoms with Gasteiger partial charge in [0.1, 0.15) is 0 Å². The molecule has 2 aromatic rings. The van der Waals surface area contributed by atoms with Crippen molar-refractivity contribution in [1.82, 2.24) is 16.2 Å². The first-order chi connectivity index (χ1) is 12.0. The molecular formula is C18H16BrN3O2S. The van der Waals surface area contributed by atoms with Gasteiger partial charge in [0.15, 0.2) is 5.11 Å². The number of rotatable bonds is 3. The first-order valence-corrected chi connectivity index (χ1v) is 8.56. The van der Waals surface area contributed by atoms with Gasteiger partial charge in [0.2, 0.25) is 5.91 Å². The van der Waals surface area contributed by atoms with Crippen molar-refractivity contribution < 1.29 is 9.59 Å². The molecule has 0 heterocycles. The van der Waals surface area contributed by atoms with E-state index in [0.717, 1.165) is 15.6 Å². The number of halogens is 1. The van der Waals surface area contributed by atoms with Crippen LogP contribution in [0.3, 0.4) is 0 Å². The maximum atomic E-state index is 12.0. The Bertz CT molecular complexity index is 822. The predicted octanol–water partition coefficient (Wildman–Crippen LogP) is 3.11. The number of carbonyl (C=O) groups excluding carboxylic acids is 2. The summed E-state index contributed by atoms with van der Waals surface area (Å²) in [4.78, 5) is 23.8. The van der Waals surface area contributed by atoms with Crippen LogP contribution in [-0.2, 0) is 4.79 Å². The third-order valence-electron chi connectivity index (χ3n) is 3.19. The predicted molar refractivity (Wildman–Crippen MR) is 106 cm³/mol. The Morgan fingerprint density at radius 3 is 2.48 bits per heavy atom. The number of hydrazine groups is 1. The molecule has 3 N–H and O–H groups in total. The smallest absolute Gasteiger partial charge is 0.269 e. The minimum Gasteiger partial charge on any atom is -0.298 e. The molecule has 7 heteroatoms. The van der Waals surface area contributed by atoms with Crippen LogP contribution in [0.2, 0.25) is 0 Å². The molecule has 2 amide bonds. The Kier molecular flexibility index (Phi) is 6.85. The molecule has 25 heavy (non-hydrogen) atoms. The van der Waals surface area contributed by atoms with Crippen LogP contribution in [0.15, 0.2) is 59.1 Å². The van der Waals surface area contributed by atoms with E-state index in [4.69, 9.17) is 12.2 Å². The van der Waals surface area contributed by atoms with Gasteiger partial charge in [-0.1, -0.05) is 52.3 Å². The Morgan fingerprint density at radius 1 is 1.08 bits per heavy atom. The zero-order chi connectivity index (χ0) is 18.2. The maximum Gasteiger partial charge on any atom is 0.269 e. The molecule has 0 aliphatic heterocycles. The number of nitrogens with one attached hydrogen (secondary N) is 3. The van der Waals surface area contributed by atoms with E-state index in [-0.39, 0.29) is 11.0 Å². The van der Waals surface area contributed by atoms with Crippen LogP contribution in [0, 0.1) is 6.92 Å². The number of benzene rings is 2. The number of aryl methyl sites for hydroxylation is 1. The Hall–Kier alpha value is -2.51. The van der Waals surface area contributed by atoms with Crippen molar-refractivity contribution in [1.29, 1.82) is 0 Å². The van der Waals surface area contributed by atoms with Crippen molar-refractivity contribution in [2.45, 2.75) is 6.92 Å². The summed E-state index contributed by atoms with van der Waals surface area (Å²) in [6, 6.07) is 14.6. The highest BCUT2D eigenvalue weighted by molar-refractivity contribution is 9.10. The highest BCUT2D eigenvalue weighted by Crippen LogP contribution is 2.17. The molecule has 0 spiro atoms. The van der Waals surface area contributed by atoms with Crippen LogP contribution in [0.1, 0.15) is 21.5 Å². The average Bonchev–Trinajstić information content (AvgIpc) is 2.61. The standard InChI is InChI=1S/C18H16BrN3O2S/c1-12-7-9-14(11-15(12)19)17(24)21-22-18(25)20-16(23)10-8-13-5-3-2-4-6-13/h2-11H,1H3,(H,21,24)(H2,20,22,23,25)/b10-8+. The molecule has 0 bridgehead atoms. The molecule has 0 saturated carbocycles. The first kappa shape index (κ1) is 18.8. The third-order valence-corrected chi connectivity index (χ3v) is 4.25. The zero-order valence-corrected chi connectivity index (χ0v) is 15.8. The number of hydrogen-bond donors (Lipinski definition) is 3. The zero-order valence-electron chi connectivity index (χ0n) is 13.4. The largest absolute Gasteiger partial charge is 0.298 e. The van der Waals surface area contributed by atoms with Gasteiger partial charge < -0.3 is 0 Å². The molecule has 0 unspecified atom stereocenters. The second-order valence-corrected chi connectivity index (χ2v) is 6.37. The van der Waals surface area contributed by atoms with Gasteiger partial charge in [0.25, 0.3) is 5.91 Å². The second kappa shape index (κ2) is 9.10. The minimum absolute atomic E-state index is 0.00207. The Morgan fingerprint density at radius 2 is 1.80 bits per heavy atom. The summed E-state index contributed by atoms with van der Waals surface area (Å²) in [5.74, 6) is -0.759.